The lowest BCUT2D eigenvalue weighted by atomic mass is 9.99. The van der Waals surface area contributed by atoms with Gasteiger partial charge in [-0.05, 0) is 41.8 Å². The molecule has 0 atom stereocenters. The Balaban J connectivity index is 2.20. The fourth-order valence-electron chi connectivity index (χ4n) is 2.15. The minimum Gasteiger partial charge on any atom is -0.507 e. The van der Waals surface area contributed by atoms with Crippen molar-refractivity contribution in [1.29, 1.82) is 0 Å². The van der Waals surface area contributed by atoms with Gasteiger partial charge in [0.05, 0.1) is 5.56 Å². The molecule has 2 aromatic rings. The van der Waals surface area contributed by atoms with E-state index in [0.717, 1.165) is 12.1 Å². The van der Waals surface area contributed by atoms with Gasteiger partial charge in [0.15, 0.2) is 5.78 Å². The zero-order chi connectivity index (χ0) is 16.8. The molecule has 0 saturated carbocycles. The lowest BCUT2D eigenvalue weighted by Crippen LogP contribution is -2.00. The molecule has 1 N–H and O–H groups in total. The molecule has 5 nitrogen and oxygen atoms in total. The number of benzene rings is 2. The van der Waals surface area contributed by atoms with Gasteiger partial charge in [0.2, 0.25) is 0 Å². The van der Waals surface area contributed by atoms with Gasteiger partial charge < -0.3 is 5.11 Å². The molecule has 7 heteroatoms. The van der Waals surface area contributed by atoms with E-state index in [1.807, 2.05) is 0 Å². The Hall–Kier alpha value is -2.92. The summed E-state index contributed by atoms with van der Waals surface area (Å²) in [5, 5.41) is 13.3. The number of azide groups is 1. The average molecular weight is 317 g/mol. The number of phenols is 1. The molecular formula is C16H13F2N3O2. The zero-order valence-electron chi connectivity index (χ0n) is 12.0. The normalized spacial score (nSPS) is 10.2. The fourth-order valence-corrected chi connectivity index (χ4v) is 2.15. The molecule has 2 rings (SSSR count). The lowest BCUT2D eigenvalue weighted by molar-refractivity contribution is 0.0978. The molecule has 0 spiro atoms. The minimum absolute atomic E-state index is 0.109. The van der Waals surface area contributed by atoms with Crippen LogP contribution in [-0.4, -0.2) is 17.4 Å². The van der Waals surface area contributed by atoms with Crippen molar-refractivity contribution in [1.82, 2.24) is 0 Å². The largest absolute Gasteiger partial charge is 0.507 e. The Labute approximate surface area is 130 Å². The van der Waals surface area contributed by atoms with E-state index in [0.29, 0.717) is 12.0 Å². The smallest absolute Gasteiger partial charge is 0.166 e. The highest BCUT2D eigenvalue weighted by Crippen LogP contribution is 2.29. The number of phenolic OH excluding ortho intramolecular Hbond substituents is 1. The van der Waals surface area contributed by atoms with Gasteiger partial charge in [-0.25, -0.2) is 8.78 Å². The van der Waals surface area contributed by atoms with Gasteiger partial charge >= 0.3 is 0 Å². The number of nitrogens with zero attached hydrogens (tertiary/aromatic N) is 3. The first-order valence-electron chi connectivity index (χ1n) is 6.85. The second-order valence-electron chi connectivity index (χ2n) is 4.84. The number of hydrogen-bond acceptors (Lipinski definition) is 3. The first-order chi connectivity index (χ1) is 11.0. The molecule has 0 aromatic heterocycles. The van der Waals surface area contributed by atoms with Crippen LogP contribution in [0.4, 0.5) is 8.78 Å². The Morgan fingerprint density at radius 3 is 2.65 bits per heavy atom. The maximum absolute atomic E-state index is 13.7. The summed E-state index contributed by atoms with van der Waals surface area (Å²) in [6.07, 6.45) is 0.494. The van der Waals surface area contributed by atoms with Crippen molar-refractivity contribution in [2.24, 2.45) is 5.11 Å². The second kappa shape index (κ2) is 7.38. The standard InChI is InChI=1S/C16H13F2N3O2/c17-11-4-6-12(14(18)9-11)10-3-5-13(16(23)8-10)15(22)2-1-7-20-21-19/h3-6,8-9,23H,1-2,7H2. The molecule has 118 valence electrons. The van der Waals surface area contributed by atoms with E-state index < -0.39 is 11.6 Å². The summed E-state index contributed by atoms with van der Waals surface area (Å²) in [4.78, 5) is 14.6. The molecule has 2 aromatic carbocycles. The number of ketones is 1. The second-order valence-corrected chi connectivity index (χ2v) is 4.84. The van der Waals surface area contributed by atoms with Crippen LogP contribution in [0.5, 0.6) is 5.75 Å². The number of hydrogen-bond donors (Lipinski definition) is 1. The maximum atomic E-state index is 13.7. The molecule has 0 unspecified atom stereocenters. The van der Waals surface area contributed by atoms with Crippen molar-refractivity contribution in [3.05, 3.63) is 64.0 Å². The van der Waals surface area contributed by atoms with E-state index in [2.05, 4.69) is 10.0 Å². The molecule has 0 fully saturated rings. The summed E-state index contributed by atoms with van der Waals surface area (Å²) in [5.41, 5.74) is 8.73. The summed E-state index contributed by atoms with van der Waals surface area (Å²) in [6, 6.07) is 7.27. The highest BCUT2D eigenvalue weighted by molar-refractivity contribution is 5.99. The molecule has 0 heterocycles. The number of rotatable bonds is 6. The van der Waals surface area contributed by atoms with Crippen molar-refractivity contribution in [2.45, 2.75) is 12.8 Å². The van der Waals surface area contributed by atoms with Gasteiger partial charge in [0.25, 0.3) is 0 Å². The number of aromatic hydroxyl groups is 1. The molecule has 0 aliphatic carbocycles. The monoisotopic (exact) mass is 317 g/mol. The fraction of sp³-hybridized carbons (Fsp3) is 0.188. The van der Waals surface area contributed by atoms with Crippen molar-refractivity contribution >= 4 is 5.78 Å². The highest BCUT2D eigenvalue weighted by Gasteiger charge is 2.13. The van der Waals surface area contributed by atoms with E-state index in [9.17, 15) is 18.7 Å². The first kappa shape index (κ1) is 16.5. The quantitative estimate of drug-likeness (QED) is 0.277. The zero-order valence-corrected chi connectivity index (χ0v) is 12.0. The van der Waals surface area contributed by atoms with Crippen LogP contribution in [0.15, 0.2) is 41.5 Å². The SMILES string of the molecule is [N-]=[N+]=NCCCC(=O)c1ccc(-c2ccc(F)cc2F)cc1O. The lowest BCUT2D eigenvalue weighted by Gasteiger charge is -2.08. The van der Waals surface area contributed by atoms with Crippen LogP contribution in [0.25, 0.3) is 21.6 Å². The summed E-state index contributed by atoms with van der Waals surface area (Å²) in [7, 11) is 0. The Morgan fingerprint density at radius 1 is 1.22 bits per heavy atom. The maximum Gasteiger partial charge on any atom is 0.166 e. The van der Waals surface area contributed by atoms with Crippen LogP contribution in [-0.2, 0) is 0 Å². The molecular weight excluding hydrogens is 304 g/mol. The Kier molecular flexibility index (Phi) is 5.28. The van der Waals surface area contributed by atoms with E-state index >= 15 is 0 Å². The first-order valence-corrected chi connectivity index (χ1v) is 6.85. The molecule has 0 amide bonds. The van der Waals surface area contributed by atoms with Gasteiger partial charge in [-0.2, -0.15) is 0 Å². The van der Waals surface area contributed by atoms with Gasteiger partial charge in [-0.1, -0.05) is 11.2 Å². The van der Waals surface area contributed by atoms with Crippen LogP contribution in [0.1, 0.15) is 23.2 Å². The Bertz CT molecular complexity index is 787. The third-order valence-corrected chi connectivity index (χ3v) is 3.27. The number of Topliss-reactive ketones (excluding diaryl/α,β-unsaturated/α-hetero) is 1. The van der Waals surface area contributed by atoms with E-state index in [1.165, 1.54) is 24.3 Å². The van der Waals surface area contributed by atoms with Gasteiger partial charge in [-0.3, -0.25) is 4.79 Å². The molecule has 0 saturated heterocycles. The van der Waals surface area contributed by atoms with E-state index in [1.54, 1.807) is 0 Å². The predicted octanol–water partition coefficient (Wildman–Crippen LogP) is 4.61. The summed E-state index contributed by atoms with van der Waals surface area (Å²) >= 11 is 0. The summed E-state index contributed by atoms with van der Waals surface area (Å²) in [5.74, 6) is -2.03. The molecule has 0 bridgehead atoms. The Morgan fingerprint density at radius 2 is 2.00 bits per heavy atom. The molecule has 0 aliphatic rings. The van der Waals surface area contributed by atoms with Crippen LogP contribution in [0.2, 0.25) is 0 Å². The summed E-state index contributed by atoms with van der Waals surface area (Å²) < 4.78 is 26.7. The highest BCUT2D eigenvalue weighted by atomic mass is 19.1. The van der Waals surface area contributed by atoms with E-state index in [-0.39, 0.29) is 35.6 Å². The number of halogens is 2. The third kappa shape index (κ3) is 4.05. The predicted molar refractivity (Wildman–Crippen MR) is 81.0 cm³/mol. The third-order valence-electron chi connectivity index (χ3n) is 3.27. The van der Waals surface area contributed by atoms with Gasteiger partial charge in [0.1, 0.15) is 17.4 Å². The van der Waals surface area contributed by atoms with E-state index in [4.69, 9.17) is 5.53 Å². The molecule has 0 aliphatic heterocycles. The molecule has 23 heavy (non-hydrogen) atoms. The van der Waals surface area contributed by atoms with Crippen LogP contribution in [0.3, 0.4) is 0 Å². The summed E-state index contributed by atoms with van der Waals surface area (Å²) in [6.45, 7) is 0.196. The van der Waals surface area contributed by atoms with Crippen LogP contribution < -0.4 is 0 Å². The van der Waals surface area contributed by atoms with Crippen LogP contribution >= 0.6 is 0 Å². The van der Waals surface area contributed by atoms with Gasteiger partial charge in [-0.15, -0.1) is 0 Å². The van der Waals surface area contributed by atoms with Crippen molar-refractivity contribution in [3.8, 4) is 16.9 Å². The van der Waals surface area contributed by atoms with Crippen molar-refractivity contribution < 1.29 is 18.7 Å². The number of carbonyl (C=O) groups is 1. The number of carbonyl (C=O) groups excluding carboxylic acids is 1. The molecule has 0 radical (unpaired) electrons. The van der Waals surface area contributed by atoms with Gasteiger partial charge in [0, 0.05) is 29.5 Å². The average Bonchev–Trinajstić information content (AvgIpc) is 2.51. The van der Waals surface area contributed by atoms with Crippen molar-refractivity contribution in [2.75, 3.05) is 6.54 Å². The topological polar surface area (TPSA) is 86.1 Å². The van der Waals surface area contributed by atoms with Crippen LogP contribution in [0, 0.1) is 11.6 Å². The van der Waals surface area contributed by atoms with Crippen molar-refractivity contribution in [3.63, 3.8) is 0 Å². The minimum atomic E-state index is -0.752.